The molecule has 0 radical (unpaired) electrons. The van der Waals surface area contributed by atoms with Gasteiger partial charge in [-0.3, -0.25) is 14.5 Å². The van der Waals surface area contributed by atoms with E-state index in [0.29, 0.717) is 36.0 Å². The highest BCUT2D eigenvalue weighted by Gasteiger charge is 2.47. The highest BCUT2D eigenvalue weighted by atomic mass is 32.2. The number of nitrogens with one attached hydrogen (secondary N) is 2. The number of pyridine rings is 2. The van der Waals surface area contributed by atoms with Gasteiger partial charge in [-0.1, -0.05) is 24.8 Å². The van der Waals surface area contributed by atoms with Crippen molar-refractivity contribution in [3.8, 4) is 11.6 Å². The lowest BCUT2D eigenvalue weighted by molar-refractivity contribution is -0.133. The molecule has 11 heteroatoms. The molecular weight excluding hydrogens is 516 g/mol. The molecule has 1 saturated heterocycles. The molecule has 1 fully saturated rings. The zero-order valence-corrected chi connectivity index (χ0v) is 22.2. The third-order valence-corrected chi connectivity index (χ3v) is 8.43. The van der Waals surface area contributed by atoms with Gasteiger partial charge in [-0.05, 0) is 49.2 Å². The Hall–Kier alpha value is -4.12. The Morgan fingerprint density at radius 3 is 2.74 bits per heavy atom. The maximum Gasteiger partial charge on any atom is 0.327 e. The smallest absolute Gasteiger partial charge is 0.327 e. The molecule has 2 N–H and O–H groups in total. The van der Waals surface area contributed by atoms with Crippen LogP contribution in [0.2, 0.25) is 0 Å². The molecule has 0 saturated carbocycles. The number of benzene rings is 1. The van der Waals surface area contributed by atoms with Gasteiger partial charge < -0.3 is 20.3 Å². The summed E-state index contributed by atoms with van der Waals surface area (Å²) in [4.78, 5) is 51.1. The van der Waals surface area contributed by atoms with Crippen LogP contribution in [0.4, 0.5) is 16.2 Å². The van der Waals surface area contributed by atoms with E-state index in [1.165, 1.54) is 11.8 Å². The number of carbonyl (C=O) groups excluding carboxylic acids is 3. The molecule has 2 aromatic heterocycles. The number of nitrogens with zero attached hydrogens (tertiary/aromatic N) is 4. The summed E-state index contributed by atoms with van der Waals surface area (Å²) in [5, 5.41) is 6.35. The number of aromatic nitrogens is 2. The summed E-state index contributed by atoms with van der Waals surface area (Å²) in [6, 6.07) is 13.5. The summed E-state index contributed by atoms with van der Waals surface area (Å²) in [7, 11) is 0. The van der Waals surface area contributed by atoms with E-state index in [2.05, 4.69) is 20.6 Å². The molecule has 5 heterocycles. The number of amides is 4. The molecule has 200 valence electrons. The molecule has 10 nitrogen and oxygen atoms in total. The van der Waals surface area contributed by atoms with Gasteiger partial charge in [-0.2, -0.15) is 0 Å². The van der Waals surface area contributed by atoms with Crippen molar-refractivity contribution in [2.45, 2.75) is 48.5 Å². The highest BCUT2D eigenvalue weighted by Crippen LogP contribution is 2.50. The van der Waals surface area contributed by atoms with Crippen molar-refractivity contribution in [2.24, 2.45) is 0 Å². The van der Waals surface area contributed by atoms with Crippen LogP contribution < -0.4 is 20.3 Å². The Balaban J connectivity index is 1.20. The second-order valence-electron chi connectivity index (χ2n) is 9.65. The summed E-state index contributed by atoms with van der Waals surface area (Å²) in [5.41, 5.74) is 2.20. The number of hydrogen-bond acceptors (Lipinski definition) is 7. The van der Waals surface area contributed by atoms with E-state index in [0.717, 1.165) is 30.0 Å². The van der Waals surface area contributed by atoms with Crippen molar-refractivity contribution >= 4 is 41.0 Å². The zero-order valence-electron chi connectivity index (χ0n) is 21.4. The molecule has 0 bridgehead atoms. The molecule has 0 aliphatic carbocycles. The van der Waals surface area contributed by atoms with Gasteiger partial charge in [0, 0.05) is 49.6 Å². The lowest BCUT2D eigenvalue weighted by atomic mass is 9.99. The van der Waals surface area contributed by atoms with Crippen LogP contribution in [0.5, 0.6) is 11.6 Å². The third kappa shape index (κ3) is 4.89. The second-order valence-corrected chi connectivity index (χ2v) is 10.8. The zero-order chi connectivity index (χ0) is 26.9. The molecule has 4 amide bonds. The lowest BCUT2D eigenvalue weighted by Crippen LogP contribution is -2.53. The van der Waals surface area contributed by atoms with Crippen LogP contribution in [0.3, 0.4) is 0 Å². The Morgan fingerprint density at radius 2 is 1.97 bits per heavy atom. The van der Waals surface area contributed by atoms with E-state index in [-0.39, 0.29) is 23.9 Å². The minimum absolute atomic E-state index is 0.0985. The van der Waals surface area contributed by atoms with Crippen molar-refractivity contribution in [3.63, 3.8) is 0 Å². The fourth-order valence-electron chi connectivity index (χ4n) is 5.30. The van der Waals surface area contributed by atoms with Gasteiger partial charge in [0.05, 0.1) is 17.4 Å². The van der Waals surface area contributed by atoms with Crippen LogP contribution in [-0.4, -0.2) is 57.1 Å². The number of urea groups is 1. The Morgan fingerprint density at radius 1 is 1.13 bits per heavy atom. The maximum absolute atomic E-state index is 13.4. The third-order valence-electron chi connectivity index (χ3n) is 7.14. The summed E-state index contributed by atoms with van der Waals surface area (Å²) >= 11 is 1.36. The van der Waals surface area contributed by atoms with Crippen LogP contribution in [0.25, 0.3) is 0 Å². The number of piperidine rings is 1. The first-order valence-electron chi connectivity index (χ1n) is 13.0. The van der Waals surface area contributed by atoms with Crippen molar-refractivity contribution in [2.75, 3.05) is 18.0 Å². The van der Waals surface area contributed by atoms with Gasteiger partial charge in [0.15, 0.2) is 0 Å². The van der Waals surface area contributed by atoms with E-state index >= 15 is 0 Å². The number of likely N-dealkylation sites (tertiary alicyclic amines) is 1. The number of rotatable bonds is 6. The first-order valence-corrected chi connectivity index (χ1v) is 13.9. The van der Waals surface area contributed by atoms with Crippen molar-refractivity contribution in [1.82, 2.24) is 25.5 Å². The summed E-state index contributed by atoms with van der Waals surface area (Å²) in [6.45, 7) is 3.08. The molecule has 3 atom stereocenters. The van der Waals surface area contributed by atoms with Gasteiger partial charge in [0.25, 0.3) is 0 Å². The van der Waals surface area contributed by atoms with Gasteiger partial charge in [-0.15, -0.1) is 0 Å². The lowest BCUT2D eigenvalue weighted by Gasteiger charge is -2.35. The molecule has 6 rings (SSSR count). The van der Waals surface area contributed by atoms with Crippen molar-refractivity contribution in [1.29, 1.82) is 0 Å². The normalized spacial score (nSPS) is 21.7. The van der Waals surface area contributed by atoms with Gasteiger partial charge >= 0.3 is 6.03 Å². The van der Waals surface area contributed by atoms with Crippen LogP contribution in [0.15, 0.2) is 66.0 Å². The number of hydrogen-bond donors (Lipinski definition) is 2. The van der Waals surface area contributed by atoms with E-state index < -0.39 is 11.3 Å². The molecule has 0 spiro atoms. The predicted octanol–water partition coefficient (Wildman–Crippen LogP) is 4.16. The number of carbonyl (C=O) groups is 3. The van der Waals surface area contributed by atoms with Crippen molar-refractivity contribution in [3.05, 3.63) is 66.5 Å². The Labute approximate surface area is 230 Å². The molecule has 3 aliphatic heterocycles. The Kier molecular flexibility index (Phi) is 6.82. The SMILES string of the molecule is CCC(=O)N1CCCC(NC(=O)[C@@H]2Sc3nccc4c3C2NC(=O)N4c2ccc(Oc3ccccn3)cc2)C1. The summed E-state index contributed by atoms with van der Waals surface area (Å²) < 4.78 is 5.78. The fourth-order valence-corrected chi connectivity index (χ4v) is 6.54. The molecule has 2 unspecified atom stereocenters. The molecule has 39 heavy (non-hydrogen) atoms. The van der Waals surface area contributed by atoms with E-state index in [1.807, 2.05) is 36.1 Å². The minimum Gasteiger partial charge on any atom is -0.439 e. The van der Waals surface area contributed by atoms with E-state index in [4.69, 9.17) is 4.74 Å². The first-order chi connectivity index (χ1) is 19.0. The van der Waals surface area contributed by atoms with E-state index in [9.17, 15) is 14.4 Å². The summed E-state index contributed by atoms with van der Waals surface area (Å²) in [6.07, 6.45) is 5.44. The standard InChI is InChI=1S/C28H28N6O4S/c1-2-22(35)33-15-5-6-17(16-33)31-26(36)25-24-23-20(12-14-30-27(23)39-25)34(28(37)32-24)18-8-10-19(11-9-18)38-21-7-3-4-13-29-21/h3-4,7-14,17,24-25H,2,5-6,15-16H2,1H3,(H,31,36)(H,32,37)/t17?,24?,25-/m1/s1. The van der Waals surface area contributed by atoms with Gasteiger partial charge in [-0.25, -0.2) is 14.8 Å². The molecule has 1 aromatic carbocycles. The van der Waals surface area contributed by atoms with Crippen LogP contribution in [0, 0.1) is 0 Å². The number of ether oxygens (including phenoxy) is 1. The predicted molar refractivity (Wildman–Crippen MR) is 146 cm³/mol. The van der Waals surface area contributed by atoms with Gasteiger partial charge in [0.2, 0.25) is 17.7 Å². The molecule has 3 aliphatic rings. The Bertz CT molecular complexity index is 1400. The average Bonchev–Trinajstić information content (AvgIpc) is 3.33. The quantitative estimate of drug-likeness (QED) is 0.479. The second kappa shape index (κ2) is 10.6. The van der Waals surface area contributed by atoms with Crippen molar-refractivity contribution < 1.29 is 19.1 Å². The first kappa shape index (κ1) is 25.2. The topological polar surface area (TPSA) is 117 Å². The average molecular weight is 545 g/mol. The highest BCUT2D eigenvalue weighted by molar-refractivity contribution is 8.01. The maximum atomic E-state index is 13.4. The number of thioether (sulfide) groups is 1. The van der Waals surface area contributed by atoms with E-state index in [1.54, 1.807) is 41.6 Å². The summed E-state index contributed by atoms with van der Waals surface area (Å²) in [5.74, 6) is 1.02. The largest absolute Gasteiger partial charge is 0.439 e. The fraction of sp³-hybridized carbons (Fsp3) is 0.321. The van der Waals surface area contributed by atoms with Gasteiger partial charge in [0.1, 0.15) is 16.0 Å². The monoisotopic (exact) mass is 544 g/mol. The van der Waals surface area contributed by atoms with Crippen LogP contribution in [-0.2, 0) is 9.59 Å². The number of anilines is 2. The molecule has 3 aromatic rings. The van der Waals surface area contributed by atoms with Crippen LogP contribution in [0.1, 0.15) is 37.8 Å². The molecular formula is C28H28N6O4S. The van der Waals surface area contributed by atoms with Crippen LogP contribution >= 0.6 is 11.8 Å². The minimum atomic E-state index is -0.550.